The van der Waals surface area contributed by atoms with Crippen LogP contribution in [-0.4, -0.2) is 32.1 Å². The summed E-state index contributed by atoms with van der Waals surface area (Å²) in [5, 5.41) is 2.88. The third-order valence-electron chi connectivity index (χ3n) is 3.49. The van der Waals surface area contributed by atoms with Crippen LogP contribution in [0.25, 0.3) is 6.08 Å². The quantitative estimate of drug-likeness (QED) is 0.620. The zero-order valence-corrected chi connectivity index (χ0v) is 12.8. The van der Waals surface area contributed by atoms with Crippen LogP contribution in [0.15, 0.2) is 29.8 Å². The van der Waals surface area contributed by atoms with Crippen molar-refractivity contribution in [2.24, 2.45) is 0 Å². The largest absolute Gasteiger partial charge is 0.488 e. The molecule has 0 radical (unpaired) electrons. The highest BCUT2D eigenvalue weighted by Crippen LogP contribution is 2.25. The summed E-state index contributed by atoms with van der Waals surface area (Å²) in [5.74, 6) is 0.525. The smallest absolute Gasteiger partial charge is 0.305 e. The van der Waals surface area contributed by atoms with E-state index in [0.29, 0.717) is 25.1 Å². The number of ether oxygens (including phenoxy) is 2. The number of hydrogen-bond acceptors (Lipinski definition) is 4. The van der Waals surface area contributed by atoms with Crippen LogP contribution in [0.5, 0.6) is 5.75 Å². The van der Waals surface area contributed by atoms with Crippen molar-refractivity contribution in [1.29, 1.82) is 0 Å². The molecule has 118 valence electrons. The molecular formula is C17H21NO4. The lowest BCUT2D eigenvalue weighted by Crippen LogP contribution is -2.29. The van der Waals surface area contributed by atoms with Gasteiger partial charge in [0.1, 0.15) is 12.4 Å². The van der Waals surface area contributed by atoms with E-state index in [-0.39, 0.29) is 11.9 Å². The summed E-state index contributed by atoms with van der Waals surface area (Å²) in [6, 6.07) is 7.64. The molecule has 1 aliphatic heterocycles. The first-order valence-corrected chi connectivity index (χ1v) is 7.48. The number of amides is 1. The van der Waals surface area contributed by atoms with Crippen LogP contribution in [-0.2, 0) is 14.3 Å². The number of rotatable bonds is 7. The number of fused-ring (bicyclic) bond motifs is 1. The summed E-state index contributed by atoms with van der Waals surface area (Å²) >= 11 is 0. The van der Waals surface area contributed by atoms with Crippen LogP contribution in [0.3, 0.4) is 0 Å². The number of hydrogen-bond donors (Lipinski definition) is 1. The van der Waals surface area contributed by atoms with E-state index in [9.17, 15) is 9.59 Å². The summed E-state index contributed by atoms with van der Waals surface area (Å²) in [5.41, 5.74) is 1.56. The molecule has 0 atom stereocenters. The number of carbonyl (C=O) groups is 2. The van der Waals surface area contributed by atoms with Crippen LogP contribution < -0.4 is 10.1 Å². The zero-order chi connectivity index (χ0) is 15.8. The first-order chi connectivity index (χ1) is 10.7. The molecule has 1 aliphatic rings. The van der Waals surface area contributed by atoms with Gasteiger partial charge < -0.3 is 14.8 Å². The highest BCUT2D eigenvalue weighted by atomic mass is 16.5. The molecule has 1 N–H and O–H groups in total. The predicted octanol–water partition coefficient (Wildman–Crippen LogP) is 2.31. The highest BCUT2D eigenvalue weighted by molar-refractivity contribution is 5.99. The molecule has 0 saturated heterocycles. The lowest BCUT2D eigenvalue weighted by Gasteiger charge is -2.17. The Labute approximate surface area is 130 Å². The van der Waals surface area contributed by atoms with E-state index < -0.39 is 0 Å². The topological polar surface area (TPSA) is 64.6 Å². The molecule has 5 heteroatoms. The van der Waals surface area contributed by atoms with Gasteiger partial charge in [-0.1, -0.05) is 24.6 Å². The maximum atomic E-state index is 12.1. The van der Waals surface area contributed by atoms with Gasteiger partial charge in [0.05, 0.1) is 12.7 Å². The van der Waals surface area contributed by atoms with Gasteiger partial charge in [0.25, 0.3) is 5.91 Å². The number of nitrogens with one attached hydrogen (secondary N) is 1. The molecule has 0 aromatic heterocycles. The van der Waals surface area contributed by atoms with Gasteiger partial charge in [-0.05, 0) is 25.0 Å². The minimum Gasteiger partial charge on any atom is -0.488 e. The lowest BCUT2D eigenvalue weighted by molar-refractivity contribution is -0.140. The third kappa shape index (κ3) is 4.62. The summed E-state index contributed by atoms with van der Waals surface area (Å²) in [6.07, 6.45) is 4.80. The first kappa shape index (κ1) is 16.1. The second-order valence-corrected chi connectivity index (χ2v) is 5.14. The van der Waals surface area contributed by atoms with Gasteiger partial charge in [-0.3, -0.25) is 9.59 Å². The third-order valence-corrected chi connectivity index (χ3v) is 3.49. The average molecular weight is 303 g/mol. The van der Waals surface area contributed by atoms with E-state index in [1.165, 1.54) is 7.11 Å². The summed E-state index contributed by atoms with van der Waals surface area (Å²) in [7, 11) is 1.39. The number of methoxy groups -OCH3 is 1. The molecular weight excluding hydrogens is 282 g/mol. The Morgan fingerprint density at radius 2 is 2.05 bits per heavy atom. The van der Waals surface area contributed by atoms with Gasteiger partial charge >= 0.3 is 5.97 Å². The molecule has 0 unspecified atom stereocenters. The SMILES string of the molecule is COC(=O)CCCCCNC(=O)C1=Cc2ccccc2OC1. The van der Waals surface area contributed by atoms with E-state index in [1.54, 1.807) is 0 Å². The Kier molecular flexibility index (Phi) is 6.01. The van der Waals surface area contributed by atoms with E-state index in [4.69, 9.17) is 4.74 Å². The van der Waals surface area contributed by atoms with Crippen molar-refractivity contribution >= 4 is 18.0 Å². The van der Waals surface area contributed by atoms with Crippen molar-refractivity contribution in [2.75, 3.05) is 20.3 Å². The Hall–Kier alpha value is -2.30. The van der Waals surface area contributed by atoms with Crippen LogP contribution in [0.1, 0.15) is 31.2 Å². The molecule has 1 heterocycles. The Morgan fingerprint density at radius 3 is 2.86 bits per heavy atom. The first-order valence-electron chi connectivity index (χ1n) is 7.48. The van der Waals surface area contributed by atoms with Crippen molar-refractivity contribution in [2.45, 2.75) is 25.7 Å². The minimum atomic E-state index is -0.188. The Bertz CT molecular complexity index is 566. The number of unbranched alkanes of at least 4 members (excludes halogenated alkanes) is 2. The Morgan fingerprint density at radius 1 is 1.23 bits per heavy atom. The van der Waals surface area contributed by atoms with Crippen molar-refractivity contribution < 1.29 is 19.1 Å². The molecule has 0 saturated carbocycles. The minimum absolute atomic E-state index is 0.0949. The predicted molar refractivity (Wildman–Crippen MR) is 83.4 cm³/mol. The van der Waals surface area contributed by atoms with Gasteiger partial charge in [0.15, 0.2) is 0 Å². The standard InChI is InChI=1S/C17H21NO4/c1-21-16(19)9-3-2-6-10-18-17(20)14-11-13-7-4-5-8-15(13)22-12-14/h4-5,7-8,11H,2-3,6,9-10,12H2,1H3,(H,18,20). The number of carbonyl (C=O) groups excluding carboxylic acids is 2. The maximum absolute atomic E-state index is 12.1. The van der Waals surface area contributed by atoms with Crippen molar-refractivity contribution in [3.05, 3.63) is 35.4 Å². The number of para-hydroxylation sites is 1. The maximum Gasteiger partial charge on any atom is 0.305 e. The molecule has 1 aromatic rings. The molecule has 5 nitrogen and oxygen atoms in total. The normalized spacial score (nSPS) is 12.7. The fourth-order valence-corrected chi connectivity index (χ4v) is 2.24. The molecule has 0 bridgehead atoms. The van der Waals surface area contributed by atoms with Crippen molar-refractivity contribution in [1.82, 2.24) is 5.32 Å². The second-order valence-electron chi connectivity index (χ2n) is 5.14. The number of benzene rings is 1. The Balaban J connectivity index is 1.70. The fourth-order valence-electron chi connectivity index (χ4n) is 2.24. The van der Waals surface area contributed by atoms with Crippen molar-refractivity contribution in [3.8, 4) is 5.75 Å². The van der Waals surface area contributed by atoms with Gasteiger partial charge in [-0.25, -0.2) is 0 Å². The molecule has 2 rings (SSSR count). The molecule has 1 aromatic carbocycles. The van der Waals surface area contributed by atoms with E-state index in [1.807, 2.05) is 30.3 Å². The van der Waals surface area contributed by atoms with Gasteiger partial charge in [0.2, 0.25) is 0 Å². The summed E-state index contributed by atoms with van der Waals surface area (Å²) < 4.78 is 10.1. The summed E-state index contributed by atoms with van der Waals surface area (Å²) in [4.78, 5) is 23.0. The molecule has 22 heavy (non-hydrogen) atoms. The molecule has 1 amide bonds. The van der Waals surface area contributed by atoms with E-state index in [2.05, 4.69) is 10.1 Å². The summed E-state index contributed by atoms with van der Waals surface area (Å²) in [6.45, 7) is 0.893. The van der Waals surface area contributed by atoms with Crippen LogP contribution >= 0.6 is 0 Å². The van der Waals surface area contributed by atoms with Gasteiger partial charge in [-0.2, -0.15) is 0 Å². The van der Waals surface area contributed by atoms with E-state index >= 15 is 0 Å². The monoisotopic (exact) mass is 303 g/mol. The molecule has 0 fully saturated rings. The van der Waals surface area contributed by atoms with Gasteiger partial charge in [0, 0.05) is 18.5 Å². The molecule has 0 aliphatic carbocycles. The van der Waals surface area contributed by atoms with E-state index in [0.717, 1.165) is 30.6 Å². The highest BCUT2D eigenvalue weighted by Gasteiger charge is 2.16. The second kappa shape index (κ2) is 8.22. The van der Waals surface area contributed by atoms with Crippen LogP contribution in [0.4, 0.5) is 0 Å². The van der Waals surface area contributed by atoms with Gasteiger partial charge in [-0.15, -0.1) is 0 Å². The van der Waals surface area contributed by atoms with Crippen LogP contribution in [0.2, 0.25) is 0 Å². The van der Waals surface area contributed by atoms with Crippen molar-refractivity contribution in [3.63, 3.8) is 0 Å². The molecule has 0 spiro atoms. The average Bonchev–Trinajstić information content (AvgIpc) is 2.56. The fraction of sp³-hybridized carbons (Fsp3) is 0.412. The number of esters is 1. The lowest BCUT2D eigenvalue weighted by atomic mass is 10.1. The zero-order valence-electron chi connectivity index (χ0n) is 12.8. The van der Waals surface area contributed by atoms with Crippen LogP contribution in [0, 0.1) is 0 Å².